The van der Waals surface area contributed by atoms with Gasteiger partial charge in [0.1, 0.15) is 0 Å². The van der Waals surface area contributed by atoms with Gasteiger partial charge in [-0.2, -0.15) is 0 Å². The first kappa shape index (κ1) is 9.52. The second-order valence-corrected chi connectivity index (χ2v) is 3.89. The van der Waals surface area contributed by atoms with Crippen LogP contribution in [0.15, 0.2) is 0 Å². The maximum atomic E-state index is 10.5. The summed E-state index contributed by atoms with van der Waals surface area (Å²) in [7, 11) is 0. The van der Waals surface area contributed by atoms with Crippen molar-refractivity contribution in [1.29, 1.82) is 0 Å². The molecule has 1 atom stereocenters. The number of carboxylic acid groups (broad SMARTS) is 1. The van der Waals surface area contributed by atoms with Crippen LogP contribution in [-0.4, -0.2) is 35.6 Å². The fourth-order valence-corrected chi connectivity index (χ4v) is 1.51. The van der Waals surface area contributed by atoms with Gasteiger partial charge in [-0.3, -0.25) is 4.79 Å². The SMILES string of the molecule is CC1CN(CCC(C)C(=O)O)C1. The lowest BCUT2D eigenvalue weighted by atomic mass is 10.0. The molecule has 1 saturated heterocycles. The monoisotopic (exact) mass is 171 g/mol. The van der Waals surface area contributed by atoms with Gasteiger partial charge in [-0.15, -0.1) is 0 Å². The predicted molar refractivity (Wildman–Crippen MR) is 47.0 cm³/mol. The fourth-order valence-electron chi connectivity index (χ4n) is 1.51. The molecule has 70 valence electrons. The molecule has 0 aromatic carbocycles. The second kappa shape index (κ2) is 3.90. The Labute approximate surface area is 73.4 Å². The van der Waals surface area contributed by atoms with Crippen molar-refractivity contribution in [3.8, 4) is 0 Å². The van der Waals surface area contributed by atoms with E-state index in [2.05, 4.69) is 11.8 Å². The summed E-state index contributed by atoms with van der Waals surface area (Å²) in [6, 6.07) is 0. The Kier molecular flexibility index (Phi) is 3.09. The van der Waals surface area contributed by atoms with Crippen LogP contribution in [0.1, 0.15) is 20.3 Å². The summed E-state index contributed by atoms with van der Waals surface area (Å²) in [5.41, 5.74) is 0. The number of hydrogen-bond acceptors (Lipinski definition) is 2. The molecule has 0 aromatic heterocycles. The first-order valence-electron chi connectivity index (χ1n) is 4.54. The molecule has 0 radical (unpaired) electrons. The van der Waals surface area contributed by atoms with Crippen LogP contribution in [0.2, 0.25) is 0 Å². The summed E-state index contributed by atoms with van der Waals surface area (Å²) >= 11 is 0. The van der Waals surface area contributed by atoms with Crippen molar-refractivity contribution in [3.05, 3.63) is 0 Å². The Bertz CT molecular complexity index is 164. The van der Waals surface area contributed by atoms with E-state index >= 15 is 0 Å². The van der Waals surface area contributed by atoms with E-state index in [1.54, 1.807) is 6.92 Å². The summed E-state index contributed by atoms with van der Waals surface area (Å²) in [4.78, 5) is 12.8. The van der Waals surface area contributed by atoms with Gasteiger partial charge >= 0.3 is 5.97 Å². The zero-order valence-corrected chi connectivity index (χ0v) is 7.79. The van der Waals surface area contributed by atoms with Crippen LogP contribution in [0.25, 0.3) is 0 Å². The summed E-state index contributed by atoms with van der Waals surface area (Å²) in [5, 5.41) is 8.62. The molecular formula is C9H17NO2. The first-order valence-corrected chi connectivity index (χ1v) is 4.54. The highest BCUT2D eigenvalue weighted by Crippen LogP contribution is 2.15. The molecule has 0 aromatic rings. The summed E-state index contributed by atoms with van der Waals surface area (Å²) in [6.07, 6.45) is 0.780. The number of rotatable bonds is 4. The van der Waals surface area contributed by atoms with E-state index in [1.165, 1.54) is 0 Å². The van der Waals surface area contributed by atoms with Gasteiger partial charge in [0.05, 0.1) is 5.92 Å². The van der Waals surface area contributed by atoms with Gasteiger partial charge in [-0.1, -0.05) is 13.8 Å². The zero-order valence-electron chi connectivity index (χ0n) is 7.79. The van der Waals surface area contributed by atoms with E-state index in [4.69, 9.17) is 5.11 Å². The maximum Gasteiger partial charge on any atom is 0.306 e. The molecule has 1 unspecified atom stereocenters. The normalized spacial score (nSPS) is 21.8. The van der Waals surface area contributed by atoms with Crippen molar-refractivity contribution in [3.63, 3.8) is 0 Å². The Balaban J connectivity index is 2.06. The highest BCUT2D eigenvalue weighted by Gasteiger charge is 2.23. The topological polar surface area (TPSA) is 40.5 Å². The lowest BCUT2D eigenvalue weighted by molar-refractivity contribution is -0.141. The van der Waals surface area contributed by atoms with Crippen LogP contribution in [0.3, 0.4) is 0 Å². The molecule has 1 aliphatic rings. The van der Waals surface area contributed by atoms with Crippen molar-refractivity contribution < 1.29 is 9.90 Å². The average Bonchev–Trinajstić information content (AvgIpc) is 1.95. The number of carbonyl (C=O) groups is 1. The first-order chi connectivity index (χ1) is 5.59. The third kappa shape index (κ3) is 2.48. The maximum absolute atomic E-state index is 10.5. The summed E-state index contributed by atoms with van der Waals surface area (Å²) in [5.74, 6) is -0.0605. The van der Waals surface area contributed by atoms with Crippen LogP contribution >= 0.6 is 0 Å². The zero-order chi connectivity index (χ0) is 9.14. The van der Waals surface area contributed by atoms with Crippen LogP contribution in [0.4, 0.5) is 0 Å². The molecule has 1 fully saturated rings. The Morgan fingerprint density at radius 3 is 2.67 bits per heavy atom. The molecule has 1 N–H and O–H groups in total. The second-order valence-electron chi connectivity index (χ2n) is 3.89. The van der Waals surface area contributed by atoms with Crippen molar-refractivity contribution in [1.82, 2.24) is 4.90 Å². The van der Waals surface area contributed by atoms with Gasteiger partial charge in [0.25, 0.3) is 0 Å². The van der Waals surface area contributed by atoms with Crippen LogP contribution in [0.5, 0.6) is 0 Å². The molecule has 0 aliphatic carbocycles. The van der Waals surface area contributed by atoms with E-state index < -0.39 is 5.97 Å². The molecular weight excluding hydrogens is 154 g/mol. The number of carboxylic acids is 1. The highest BCUT2D eigenvalue weighted by atomic mass is 16.4. The third-order valence-corrected chi connectivity index (χ3v) is 2.44. The minimum absolute atomic E-state index is 0.194. The van der Waals surface area contributed by atoms with Crippen LogP contribution in [0, 0.1) is 11.8 Å². The Morgan fingerprint density at radius 2 is 2.25 bits per heavy atom. The van der Waals surface area contributed by atoms with E-state index in [0.29, 0.717) is 0 Å². The minimum Gasteiger partial charge on any atom is -0.481 e. The molecule has 3 nitrogen and oxygen atoms in total. The quantitative estimate of drug-likeness (QED) is 0.687. The molecule has 3 heteroatoms. The largest absolute Gasteiger partial charge is 0.481 e. The van der Waals surface area contributed by atoms with Crippen LogP contribution < -0.4 is 0 Å². The third-order valence-electron chi connectivity index (χ3n) is 2.44. The molecule has 0 spiro atoms. The Morgan fingerprint density at radius 1 is 1.67 bits per heavy atom. The van der Waals surface area contributed by atoms with Gasteiger partial charge in [0.2, 0.25) is 0 Å². The number of hydrogen-bond donors (Lipinski definition) is 1. The predicted octanol–water partition coefficient (Wildman–Crippen LogP) is 1.05. The van der Waals surface area contributed by atoms with Gasteiger partial charge in [-0.25, -0.2) is 0 Å². The number of nitrogens with zero attached hydrogens (tertiary/aromatic N) is 1. The average molecular weight is 171 g/mol. The van der Waals surface area contributed by atoms with Gasteiger partial charge in [0, 0.05) is 13.1 Å². The standard InChI is InChI=1S/C9H17NO2/c1-7-5-10(6-7)4-3-8(2)9(11)12/h7-8H,3-6H2,1-2H3,(H,11,12). The minimum atomic E-state index is -0.677. The van der Waals surface area contributed by atoms with E-state index in [1.807, 2.05) is 0 Å². The van der Waals surface area contributed by atoms with Gasteiger partial charge < -0.3 is 10.0 Å². The molecule has 1 rings (SSSR count). The number of likely N-dealkylation sites (tertiary alicyclic amines) is 1. The van der Waals surface area contributed by atoms with Crippen molar-refractivity contribution >= 4 is 5.97 Å². The van der Waals surface area contributed by atoms with Crippen LogP contribution in [-0.2, 0) is 4.79 Å². The highest BCUT2D eigenvalue weighted by molar-refractivity contribution is 5.69. The Hall–Kier alpha value is -0.570. The molecule has 1 heterocycles. The van der Waals surface area contributed by atoms with E-state index in [-0.39, 0.29) is 5.92 Å². The smallest absolute Gasteiger partial charge is 0.306 e. The van der Waals surface area contributed by atoms with E-state index in [9.17, 15) is 4.79 Å². The molecule has 0 bridgehead atoms. The fraction of sp³-hybridized carbons (Fsp3) is 0.889. The molecule has 1 aliphatic heterocycles. The van der Waals surface area contributed by atoms with Gasteiger partial charge in [0.15, 0.2) is 0 Å². The molecule has 0 amide bonds. The van der Waals surface area contributed by atoms with Crippen molar-refractivity contribution in [2.45, 2.75) is 20.3 Å². The van der Waals surface area contributed by atoms with Gasteiger partial charge in [-0.05, 0) is 18.9 Å². The summed E-state index contributed by atoms with van der Waals surface area (Å²) in [6.45, 7) is 7.22. The number of aliphatic carboxylic acids is 1. The molecule has 0 saturated carbocycles. The van der Waals surface area contributed by atoms with Crippen molar-refractivity contribution in [2.24, 2.45) is 11.8 Å². The lowest BCUT2D eigenvalue weighted by Gasteiger charge is -2.37. The summed E-state index contributed by atoms with van der Waals surface area (Å²) < 4.78 is 0. The van der Waals surface area contributed by atoms with E-state index in [0.717, 1.165) is 32.0 Å². The molecule has 12 heavy (non-hydrogen) atoms. The lowest BCUT2D eigenvalue weighted by Crippen LogP contribution is -2.45. The van der Waals surface area contributed by atoms with Crippen molar-refractivity contribution in [2.75, 3.05) is 19.6 Å².